The molecule has 4 nitrogen and oxygen atoms in total. The third-order valence-corrected chi connectivity index (χ3v) is 5.19. The van der Waals surface area contributed by atoms with Crippen molar-refractivity contribution in [3.63, 3.8) is 0 Å². The zero-order valence-corrected chi connectivity index (χ0v) is 16.2. The van der Waals surface area contributed by atoms with Gasteiger partial charge in [0, 0.05) is 39.7 Å². The van der Waals surface area contributed by atoms with Crippen molar-refractivity contribution in [2.24, 2.45) is 0 Å². The van der Waals surface area contributed by atoms with Crippen LogP contribution in [0.2, 0.25) is 0 Å². The summed E-state index contributed by atoms with van der Waals surface area (Å²) < 4.78 is 3.20. The normalized spacial score (nSPS) is 14.1. The molecule has 0 radical (unpaired) electrons. The van der Waals surface area contributed by atoms with Gasteiger partial charge in [-0.05, 0) is 42.7 Å². The van der Waals surface area contributed by atoms with Crippen molar-refractivity contribution in [2.75, 3.05) is 0 Å². The van der Waals surface area contributed by atoms with Crippen molar-refractivity contribution >= 4 is 38.8 Å². The highest BCUT2D eigenvalue weighted by atomic mass is 79.9. The van der Waals surface area contributed by atoms with E-state index in [0.29, 0.717) is 0 Å². The summed E-state index contributed by atoms with van der Waals surface area (Å²) in [6.45, 7) is 0.720. The molecule has 3 aromatic rings. The van der Waals surface area contributed by atoms with Crippen LogP contribution < -0.4 is 5.32 Å². The molecular weight excluding hydrogens is 402 g/mol. The van der Waals surface area contributed by atoms with Crippen LogP contribution >= 0.6 is 15.9 Å². The fourth-order valence-corrected chi connectivity index (χ4v) is 3.37. The molecule has 0 unspecified atom stereocenters. The molecule has 1 N–H and O–H groups in total. The molecular formula is C22H18BrN3O. The van der Waals surface area contributed by atoms with Gasteiger partial charge in [0.25, 0.3) is 5.91 Å². The number of amides is 1. The van der Waals surface area contributed by atoms with Crippen LogP contribution in [0, 0.1) is 11.3 Å². The molecule has 0 aliphatic heterocycles. The van der Waals surface area contributed by atoms with Gasteiger partial charge in [-0.3, -0.25) is 4.79 Å². The predicted molar refractivity (Wildman–Crippen MR) is 110 cm³/mol. The van der Waals surface area contributed by atoms with E-state index in [9.17, 15) is 10.1 Å². The number of fused-ring (bicyclic) bond motifs is 1. The minimum Gasteiger partial charge on any atom is -0.349 e. The molecule has 5 heteroatoms. The van der Waals surface area contributed by atoms with Crippen molar-refractivity contribution in [3.8, 4) is 6.07 Å². The molecule has 27 heavy (non-hydrogen) atoms. The Bertz CT molecular complexity index is 1070. The van der Waals surface area contributed by atoms with Gasteiger partial charge in [0.1, 0.15) is 11.6 Å². The molecule has 1 amide bonds. The molecule has 1 heterocycles. The molecule has 4 rings (SSSR count). The molecule has 1 aliphatic rings. The van der Waals surface area contributed by atoms with Gasteiger partial charge in [-0.2, -0.15) is 5.26 Å². The number of benzene rings is 2. The summed E-state index contributed by atoms with van der Waals surface area (Å²) in [4.78, 5) is 12.3. The first kappa shape index (κ1) is 17.6. The van der Waals surface area contributed by atoms with Gasteiger partial charge >= 0.3 is 0 Å². The van der Waals surface area contributed by atoms with E-state index in [2.05, 4.69) is 44.0 Å². The largest absolute Gasteiger partial charge is 0.349 e. The number of para-hydroxylation sites is 1. The Morgan fingerprint density at radius 2 is 1.96 bits per heavy atom. The lowest BCUT2D eigenvalue weighted by Crippen LogP contribution is -2.26. The number of carbonyl (C=O) groups is 1. The highest BCUT2D eigenvalue weighted by molar-refractivity contribution is 9.10. The molecule has 0 atom stereocenters. The zero-order valence-electron chi connectivity index (χ0n) is 14.7. The topological polar surface area (TPSA) is 57.8 Å². The number of hydrogen-bond donors (Lipinski definition) is 1. The molecule has 1 saturated carbocycles. The Balaban J connectivity index is 1.70. The summed E-state index contributed by atoms with van der Waals surface area (Å²) >= 11 is 3.46. The van der Waals surface area contributed by atoms with E-state index in [1.165, 1.54) is 5.56 Å². The first-order valence-corrected chi connectivity index (χ1v) is 9.68. The van der Waals surface area contributed by atoms with Crippen LogP contribution in [-0.2, 0) is 11.3 Å². The number of halogens is 1. The molecule has 1 aliphatic carbocycles. The van der Waals surface area contributed by atoms with Crippen LogP contribution in [0.5, 0.6) is 0 Å². The highest BCUT2D eigenvalue weighted by Crippen LogP contribution is 2.25. The molecule has 2 aromatic carbocycles. The third kappa shape index (κ3) is 3.96. The van der Waals surface area contributed by atoms with Gasteiger partial charge in [0.2, 0.25) is 0 Å². The third-order valence-electron chi connectivity index (χ3n) is 4.66. The van der Waals surface area contributed by atoms with E-state index in [1.807, 2.05) is 42.6 Å². The number of nitriles is 1. The standard InChI is InChI=1S/C22H18BrN3O/c23-18-7-5-15(6-8-18)13-26-14-17(20-3-1-2-4-21(20)26)11-16(12-24)22(27)25-19-9-10-19/h1-8,11,14,19H,9-10,13H2,(H,25,27). The molecule has 0 saturated heterocycles. The summed E-state index contributed by atoms with van der Waals surface area (Å²) in [5.74, 6) is -0.287. The van der Waals surface area contributed by atoms with Crippen LogP contribution in [0.3, 0.4) is 0 Å². The van der Waals surface area contributed by atoms with Crippen molar-refractivity contribution < 1.29 is 4.79 Å². The number of aromatic nitrogens is 1. The second kappa shape index (κ2) is 7.42. The van der Waals surface area contributed by atoms with Crippen LogP contribution in [0.1, 0.15) is 24.0 Å². The molecule has 0 spiro atoms. The van der Waals surface area contributed by atoms with Gasteiger partial charge in [-0.15, -0.1) is 0 Å². The first-order valence-electron chi connectivity index (χ1n) is 8.89. The summed E-state index contributed by atoms with van der Waals surface area (Å²) in [6.07, 6.45) is 5.69. The lowest BCUT2D eigenvalue weighted by atomic mass is 10.1. The monoisotopic (exact) mass is 419 g/mol. The SMILES string of the molecule is N#CC(=Cc1cn(Cc2ccc(Br)cc2)c2ccccc12)C(=O)NC1CC1. The number of rotatable bonds is 5. The van der Waals surface area contributed by atoms with Gasteiger partial charge in [0.15, 0.2) is 0 Å². The van der Waals surface area contributed by atoms with Gasteiger partial charge < -0.3 is 9.88 Å². The Morgan fingerprint density at radius 3 is 2.67 bits per heavy atom. The molecule has 134 valence electrons. The molecule has 1 aromatic heterocycles. The van der Waals surface area contributed by atoms with Crippen LogP contribution in [0.25, 0.3) is 17.0 Å². The number of nitrogens with zero attached hydrogens (tertiary/aromatic N) is 2. The fourth-order valence-electron chi connectivity index (χ4n) is 3.10. The Hall–Kier alpha value is -2.84. The average Bonchev–Trinajstić information content (AvgIpc) is 3.43. The minimum atomic E-state index is -0.287. The van der Waals surface area contributed by atoms with E-state index in [4.69, 9.17) is 0 Å². The van der Waals surface area contributed by atoms with Crippen molar-refractivity contribution in [3.05, 3.63) is 75.9 Å². The van der Waals surface area contributed by atoms with Crippen LogP contribution in [0.15, 0.2) is 64.8 Å². The minimum absolute atomic E-state index is 0.147. The highest BCUT2D eigenvalue weighted by Gasteiger charge is 2.24. The smallest absolute Gasteiger partial charge is 0.262 e. The van der Waals surface area contributed by atoms with Crippen molar-refractivity contribution in [2.45, 2.75) is 25.4 Å². The second-order valence-electron chi connectivity index (χ2n) is 6.77. The second-order valence-corrected chi connectivity index (χ2v) is 7.69. The zero-order chi connectivity index (χ0) is 18.8. The van der Waals surface area contributed by atoms with Gasteiger partial charge in [0.05, 0.1) is 0 Å². The molecule has 0 bridgehead atoms. The quantitative estimate of drug-likeness (QED) is 0.483. The van der Waals surface area contributed by atoms with Gasteiger partial charge in [-0.1, -0.05) is 46.3 Å². The Kier molecular flexibility index (Phi) is 4.83. The first-order chi connectivity index (χ1) is 13.1. The molecule has 1 fully saturated rings. The number of nitrogens with one attached hydrogen (secondary N) is 1. The summed E-state index contributed by atoms with van der Waals surface area (Å²) in [5, 5.41) is 13.4. The number of carbonyl (C=O) groups excluding carboxylic acids is 1. The van der Waals surface area contributed by atoms with Crippen LogP contribution in [0.4, 0.5) is 0 Å². The van der Waals surface area contributed by atoms with E-state index >= 15 is 0 Å². The van der Waals surface area contributed by atoms with E-state index in [-0.39, 0.29) is 17.5 Å². The van der Waals surface area contributed by atoms with E-state index in [1.54, 1.807) is 6.08 Å². The van der Waals surface area contributed by atoms with Crippen molar-refractivity contribution in [1.29, 1.82) is 5.26 Å². The summed E-state index contributed by atoms with van der Waals surface area (Å²) in [7, 11) is 0. The summed E-state index contributed by atoms with van der Waals surface area (Å²) in [6, 6.07) is 18.5. The predicted octanol–water partition coefficient (Wildman–Crippen LogP) is 4.64. The van der Waals surface area contributed by atoms with Crippen molar-refractivity contribution in [1.82, 2.24) is 9.88 Å². The summed E-state index contributed by atoms with van der Waals surface area (Å²) in [5.41, 5.74) is 3.28. The Labute approximate surface area is 166 Å². The fraction of sp³-hybridized carbons (Fsp3) is 0.182. The average molecular weight is 420 g/mol. The maximum Gasteiger partial charge on any atom is 0.262 e. The Morgan fingerprint density at radius 1 is 1.22 bits per heavy atom. The maximum atomic E-state index is 12.3. The van der Waals surface area contributed by atoms with Crippen LogP contribution in [-0.4, -0.2) is 16.5 Å². The van der Waals surface area contributed by atoms with Gasteiger partial charge in [-0.25, -0.2) is 0 Å². The maximum absolute atomic E-state index is 12.3. The lowest BCUT2D eigenvalue weighted by Gasteiger charge is -2.05. The number of hydrogen-bond acceptors (Lipinski definition) is 2. The lowest BCUT2D eigenvalue weighted by molar-refractivity contribution is -0.117. The van der Waals surface area contributed by atoms with E-state index < -0.39 is 0 Å². The van der Waals surface area contributed by atoms with E-state index in [0.717, 1.165) is 40.3 Å².